The molecule has 0 aliphatic rings. The molecule has 1 aromatic heterocycles. The van der Waals surface area contributed by atoms with E-state index in [2.05, 4.69) is 10.4 Å². The molecule has 1 rings (SSSR count). The van der Waals surface area contributed by atoms with Crippen LogP contribution in [-0.4, -0.2) is 28.8 Å². The van der Waals surface area contributed by atoms with Gasteiger partial charge in [-0.15, -0.1) is 0 Å². The lowest BCUT2D eigenvalue weighted by atomic mass is 10.3. The number of halogens is 3. The monoisotopic (exact) mass is 249 g/mol. The molecule has 1 aromatic rings. The van der Waals surface area contributed by atoms with Gasteiger partial charge in [0, 0.05) is 19.0 Å². The average Bonchev–Trinajstić information content (AvgIpc) is 2.24. The highest BCUT2D eigenvalue weighted by atomic mass is 19.4. The Morgan fingerprint density at radius 2 is 2.12 bits per heavy atom. The molecule has 0 spiro atoms. The zero-order valence-electron chi connectivity index (χ0n) is 8.67. The Morgan fingerprint density at radius 3 is 2.65 bits per heavy atom. The number of alkyl halides is 3. The van der Waals surface area contributed by atoms with E-state index in [1.165, 1.54) is 6.07 Å². The van der Waals surface area contributed by atoms with E-state index in [4.69, 9.17) is 0 Å². The maximum absolute atomic E-state index is 11.8. The summed E-state index contributed by atoms with van der Waals surface area (Å²) in [5, 5.41) is 7.75. The van der Waals surface area contributed by atoms with E-state index in [1.807, 2.05) is 5.10 Å². The molecule has 1 heterocycles. The van der Waals surface area contributed by atoms with Crippen molar-refractivity contribution in [2.75, 3.05) is 6.54 Å². The summed E-state index contributed by atoms with van der Waals surface area (Å²) in [6, 6.07) is 2.30. The van der Waals surface area contributed by atoms with Gasteiger partial charge in [0.2, 0.25) is 0 Å². The van der Waals surface area contributed by atoms with Crippen molar-refractivity contribution in [2.24, 2.45) is 0 Å². The number of hydrogen-bond donors (Lipinski definition) is 2. The fraction of sp³-hybridized carbons (Fsp3) is 0.444. The van der Waals surface area contributed by atoms with Crippen molar-refractivity contribution in [1.29, 1.82) is 0 Å². The molecule has 0 aliphatic heterocycles. The van der Waals surface area contributed by atoms with Gasteiger partial charge in [-0.25, -0.2) is 5.10 Å². The van der Waals surface area contributed by atoms with E-state index in [9.17, 15) is 22.8 Å². The highest BCUT2D eigenvalue weighted by Gasteiger charge is 2.26. The van der Waals surface area contributed by atoms with Crippen LogP contribution in [0.25, 0.3) is 0 Å². The SMILES string of the molecule is O=C(NCCCC(F)(F)F)c1ccc(=O)[nH]n1. The van der Waals surface area contributed by atoms with Gasteiger partial charge in [-0.05, 0) is 12.5 Å². The number of aromatic nitrogens is 2. The van der Waals surface area contributed by atoms with Crippen molar-refractivity contribution >= 4 is 5.91 Å². The molecule has 0 atom stereocenters. The molecule has 0 fully saturated rings. The molecule has 0 saturated heterocycles. The van der Waals surface area contributed by atoms with E-state index in [1.54, 1.807) is 0 Å². The highest BCUT2D eigenvalue weighted by molar-refractivity contribution is 5.91. The van der Waals surface area contributed by atoms with Gasteiger partial charge in [0.25, 0.3) is 11.5 Å². The Labute approximate surface area is 94.0 Å². The molecule has 17 heavy (non-hydrogen) atoms. The van der Waals surface area contributed by atoms with Gasteiger partial charge < -0.3 is 5.32 Å². The zero-order chi connectivity index (χ0) is 12.9. The lowest BCUT2D eigenvalue weighted by Gasteiger charge is -2.06. The Hall–Kier alpha value is -1.86. The molecule has 0 unspecified atom stereocenters. The summed E-state index contributed by atoms with van der Waals surface area (Å²) < 4.78 is 35.3. The van der Waals surface area contributed by atoms with Crippen molar-refractivity contribution in [3.05, 3.63) is 28.2 Å². The van der Waals surface area contributed by atoms with Crippen LogP contribution in [-0.2, 0) is 0 Å². The van der Waals surface area contributed by atoms with Crippen molar-refractivity contribution < 1.29 is 18.0 Å². The quantitative estimate of drug-likeness (QED) is 0.776. The minimum Gasteiger partial charge on any atom is -0.351 e. The Bertz CT molecular complexity index is 421. The molecule has 1 amide bonds. The fourth-order valence-corrected chi connectivity index (χ4v) is 1.05. The number of amides is 1. The Morgan fingerprint density at radius 1 is 1.41 bits per heavy atom. The van der Waals surface area contributed by atoms with Crippen molar-refractivity contribution in [3.8, 4) is 0 Å². The summed E-state index contributed by atoms with van der Waals surface area (Å²) in [7, 11) is 0. The van der Waals surface area contributed by atoms with Gasteiger partial charge in [-0.2, -0.15) is 18.3 Å². The van der Waals surface area contributed by atoms with E-state index in [-0.39, 0.29) is 18.7 Å². The smallest absolute Gasteiger partial charge is 0.351 e. The van der Waals surface area contributed by atoms with Gasteiger partial charge in [-0.1, -0.05) is 0 Å². The molecule has 0 aliphatic carbocycles. The normalized spacial score (nSPS) is 11.2. The molecule has 94 valence electrons. The molecule has 5 nitrogen and oxygen atoms in total. The maximum Gasteiger partial charge on any atom is 0.389 e. The molecule has 0 saturated carbocycles. The number of rotatable bonds is 4. The third-order valence-corrected chi connectivity index (χ3v) is 1.83. The zero-order valence-corrected chi connectivity index (χ0v) is 8.67. The lowest BCUT2D eigenvalue weighted by molar-refractivity contribution is -0.135. The van der Waals surface area contributed by atoms with Crippen LogP contribution in [0.3, 0.4) is 0 Å². The van der Waals surface area contributed by atoms with E-state index >= 15 is 0 Å². The van der Waals surface area contributed by atoms with Gasteiger partial charge in [0.1, 0.15) is 5.69 Å². The second-order valence-corrected chi connectivity index (χ2v) is 3.28. The first-order valence-electron chi connectivity index (χ1n) is 4.79. The topological polar surface area (TPSA) is 74.8 Å². The summed E-state index contributed by atoms with van der Waals surface area (Å²) >= 11 is 0. The Balaban J connectivity index is 2.35. The molecule has 0 radical (unpaired) electrons. The first-order chi connectivity index (χ1) is 7.88. The first-order valence-corrected chi connectivity index (χ1v) is 4.79. The van der Waals surface area contributed by atoms with E-state index in [0.717, 1.165) is 6.07 Å². The maximum atomic E-state index is 11.8. The largest absolute Gasteiger partial charge is 0.389 e. The van der Waals surface area contributed by atoms with Crippen molar-refractivity contribution in [2.45, 2.75) is 19.0 Å². The van der Waals surface area contributed by atoms with Crippen LogP contribution in [0.15, 0.2) is 16.9 Å². The van der Waals surface area contributed by atoms with Gasteiger partial charge in [0.05, 0.1) is 0 Å². The van der Waals surface area contributed by atoms with Crippen LogP contribution < -0.4 is 10.9 Å². The predicted octanol–water partition coefficient (Wildman–Crippen LogP) is 0.842. The fourth-order valence-electron chi connectivity index (χ4n) is 1.05. The number of H-pyrrole nitrogens is 1. The van der Waals surface area contributed by atoms with Crippen LogP contribution >= 0.6 is 0 Å². The minimum atomic E-state index is -4.22. The number of carbonyl (C=O) groups excluding carboxylic acids is 1. The number of nitrogens with one attached hydrogen (secondary N) is 2. The highest BCUT2D eigenvalue weighted by Crippen LogP contribution is 2.20. The second-order valence-electron chi connectivity index (χ2n) is 3.28. The van der Waals surface area contributed by atoms with Gasteiger partial charge >= 0.3 is 6.18 Å². The Kier molecular flexibility index (Phi) is 4.24. The number of carbonyl (C=O) groups is 1. The molecule has 0 aromatic carbocycles. The summed E-state index contributed by atoms with van der Waals surface area (Å²) in [6.45, 7) is -0.0981. The molecular formula is C9H10F3N3O2. The van der Waals surface area contributed by atoms with Crippen LogP contribution in [0.4, 0.5) is 13.2 Å². The second kappa shape index (κ2) is 5.46. The van der Waals surface area contributed by atoms with E-state index < -0.39 is 24.1 Å². The third-order valence-electron chi connectivity index (χ3n) is 1.83. The number of aromatic amines is 1. The lowest BCUT2D eigenvalue weighted by Crippen LogP contribution is -2.27. The summed E-state index contributed by atoms with van der Waals surface area (Å²) in [4.78, 5) is 21.9. The summed E-state index contributed by atoms with van der Waals surface area (Å²) in [5.41, 5.74) is -0.504. The van der Waals surface area contributed by atoms with Crippen LogP contribution in [0, 0.1) is 0 Å². The molecular weight excluding hydrogens is 239 g/mol. The van der Waals surface area contributed by atoms with Crippen LogP contribution in [0.1, 0.15) is 23.3 Å². The van der Waals surface area contributed by atoms with Gasteiger partial charge in [-0.3, -0.25) is 9.59 Å². The van der Waals surface area contributed by atoms with Crippen molar-refractivity contribution in [3.63, 3.8) is 0 Å². The van der Waals surface area contributed by atoms with E-state index in [0.29, 0.717) is 0 Å². The number of hydrogen-bond acceptors (Lipinski definition) is 3. The summed E-state index contributed by atoms with van der Waals surface area (Å²) in [6.07, 6.45) is -5.37. The number of nitrogens with zero attached hydrogens (tertiary/aromatic N) is 1. The first kappa shape index (κ1) is 13.2. The molecule has 2 N–H and O–H groups in total. The average molecular weight is 249 g/mol. The third kappa shape index (κ3) is 5.14. The van der Waals surface area contributed by atoms with Crippen LogP contribution in [0.2, 0.25) is 0 Å². The standard InChI is InChI=1S/C9H10F3N3O2/c10-9(11,12)4-1-5-13-8(17)6-2-3-7(16)15-14-6/h2-3H,1,4-5H2,(H,13,17)(H,15,16). The summed E-state index contributed by atoms with van der Waals surface area (Å²) in [5.74, 6) is -0.622. The van der Waals surface area contributed by atoms with Gasteiger partial charge in [0.15, 0.2) is 0 Å². The predicted molar refractivity (Wildman–Crippen MR) is 52.5 cm³/mol. The molecule has 8 heteroatoms. The van der Waals surface area contributed by atoms with Crippen molar-refractivity contribution in [1.82, 2.24) is 15.5 Å². The van der Waals surface area contributed by atoms with Crippen LogP contribution in [0.5, 0.6) is 0 Å². The minimum absolute atomic E-state index is 0.0448. The molecule has 0 bridgehead atoms.